The fraction of sp³-hybridized carbons (Fsp3) is 0.852. The summed E-state index contributed by atoms with van der Waals surface area (Å²) in [6.45, 7) is 1.79. The number of carbonyl (C=O) groups is 4. The van der Waals surface area contributed by atoms with Gasteiger partial charge < -0.3 is 36.8 Å². The van der Waals surface area contributed by atoms with Crippen LogP contribution in [-0.4, -0.2) is 79.4 Å². The molecule has 11 nitrogen and oxygen atoms in total. The third-order valence-electron chi connectivity index (χ3n) is 5.92. The molecule has 0 aliphatic rings. The van der Waals surface area contributed by atoms with Gasteiger partial charge in [-0.15, -0.1) is 0 Å². The Morgan fingerprint density at radius 3 is 1.38 bits per heavy atom. The number of aliphatic hydroxyl groups is 3. The Labute approximate surface area is 276 Å². The Hall–Kier alpha value is -0.604. The molecule has 226 valence electrons. The van der Waals surface area contributed by atoms with Crippen molar-refractivity contribution in [3.63, 3.8) is 0 Å². The van der Waals surface area contributed by atoms with Crippen LogP contribution >= 0.6 is 0 Å². The van der Waals surface area contributed by atoms with Crippen molar-refractivity contribution in [1.29, 1.82) is 0 Å². The molecule has 0 spiro atoms. The predicted molar refractivity (Wildman–Crippen MR) is 142 cm³/mol. The molecule has 0 heterocycles. The number of hydrogen-bond acceptors (Lipinski definition) is 8. The summed E-state index contributed by atoms with van der Waals surface area (Å²) in [7, 11) is 0. The number of aliphatic hydroxyl groups excluding tert-OH is 2. The van der Waals surface area contributed by atoms with Gasteiger partial charge in [-0.3, -0.25) is 14.4 Å². The van der Waals surface area contributed by atoms with E-state index in [1.54, 1.807) is 0 Å². The molecule has 1 unspecified atom stereocenters. The van der Waals surface area contributed by atoms with Gasteiger partial charge in [0.25, 0.3) is 0 Å². The number of hydrogen-bond donors (Lipinski definition) is 6. The van der Waals surface area contributed by atoms with Crippen LogP contribution < -0.4 is 51.4 Å². The van der Waals surface area contributed by atoms with Crippen molar-refractivity contribution >= 4 is 23.9 Å². The minimum absolute atomic E-state index is 0. The van der Waals surface area contributed by atoms with Gasteiger partial charge in [0.05, 0.1) is 19.4 Å². The second-order valence-corrected chi connectivity index (χ2v) is 9.70. The number of unbranched alkanes of at least 4 members (excludes halogenated alkanes) is 14. The van der Waals surface area contributed by atoms with Crippen LogP contribution in [0.4, 0.5) is 0 Å². The van der Waals surface area contributed by atoms with E-state index in [1.165, 1.54) is 83.5 Å². The number of ether oxygens (including phenoxy) is 1. The van der Waals surface area contributed by atoms with Crippen molar-refractivity contribution in [2.75, 3.05) is 13.2 Å². The first-order valence-electron chi connectivity index (χ1n) is 13.8. The second kappa shape index (κ2) is 28.9. The molecule has 0 aromatic rings. The fourth-order valence-electron chi connectivity index (χ4n) is 3.67. The Balaban J connectivity index is -0.000000368. The quantitative estimate of drug-likeness (QED) is 0.0533. The number of carbonyl (C=O) groups excluding carboxylic acids is 1. The molecule has 12 heteroatoms. The monoisotopic (exact) mass is 590 g/mol. The summed E-state index contributed by atoms with van der Waals surface area (Å²) in [6.07, 6.45) is 16.7. The van der Waals surface area contributed by atoms with Crippen molar-refractivity contribution in [1.82, 2.24) is 0 Å². The molecule has 0 aliphatic carbocycles. The summed E-state index contributed by atoms with van der Waals surface area (Å²) in [5.41, 5.74) is -2.74. The molecule has 6 N–H and O–H groups in total. The van der Waals surface area contributed by atoms with Gasteiger partial charge in [0, 0.05) is 6.42 Å². The molecule has 0 amide bonds. The summed E-state index contributed by atoms with van der Waals surface area (Å²) in [5, 5.41) is 51.5. The van der Waals surface area contributed by atoms with Gasteiger partial charge >= 0.3 is 75.3 Å². The van der Waals surface area contributed by atoms with Gasteiger partial charge in [0.2, 0.25) is 0 Å². The van der Waals surface area contributed by atoms with Crippen molar-refractivity contribution in [3.8, 4) is 0 Å². The van der Waals surface area contributed by atoms with E-state index in [2.05, 4.69) is 6.92 Å². The standard InChI is InChI=1S/C21H42O4.C6H8O7.K.H/c1-2-3-4-5-6-7-8-9-10-11-12-13-14-15-16-17-21(24)25-19-20(23)18-22;7-3(8)1-6(13,5(11)12)2-4(9)10;;/h20,22-23H,2-19H2,1H3;13H,1-2H2,(H,7,8)(H,9,10)(H,11,12);;/q;;+1;-1. The van der Waals surface area contributed by atoms with Crippen LogP contribution in [0.5, 0.6) is 0 Å². The van der Waals surface area contributed by atoms with Crippen LogP contribution in [0.3, 0.4) is 0 Å². The third-order valence-corrected chi connectivity index (χ3v) is 5.92. The molecule has 0 radical (unpaired) electrons. The van der Waals surface area contributed by atoms with E-state index in [1.807, 2.05) is 0 Å². The first-order valence-corrected chi connectivity index (χ1v) is 13.8. The van der Waals surface area contributed by atoms with E-state index in [4.69, 9.17) is 35.4 Å². The van der Waals surface area contributed by atoms with Crippen LogP contribution in [0.2, 0.25) is 0 Å². The number of rotatable bonds is 24. The topological polar surface area (TPSA) is 199 Å². The summed E-state index contributed by atoms with van der Waals surface area (Å²) in [5.74, 6) is -5.29. The molecule has 39 heavy (non-hydrogen) atoms. The van der Waals surface area contributed by atoms with E-state index in [0.717, 1.165) is 12.8 Å². The minimum atomic E-state index is -2.74. The van der Waals surface area contributed by atoms with Crippen LogP contribution in [0.15, 0.2) is 0 Å². The first kappa shape index (κ1) is 42.9. The smallest absolute Gasteiger partial charge is 1.00 e. The van der Waals surface area contributed by atoms with Crippen LogP contribution in [-0.2, 0) is 23.9 Å². The largest absolute Gasteiger partial charge is 1.00 e. The van der Waals surface area contributed by atoms with Gasteiger partial charge in [0.1, 0.15) is 12.7 Å². The molecular weight excluding hydrogens is 539 g/mol. The number of carboxylic acids is 3. The Kier molecular flexibility index (Phi) is 31.8. The maximum absolute atomic E-state index is 11.4. The van der Waals surface area contributed by atoms with E-state index < -0.39 is 42.5 Å². The van der Waals surface area contributed by atoms with E-state index >= 15 is 0 Å². The van der Waals surface area contributed by atoms with Gasteiger partial charge in [-0.2, -0.15) is 0 Å². The average Bonchev–Trinajstić information content (AvgIpc) is 2.84. The van der Waals surface area contributed by atoms with Crippen molar-refractivity contribution in [3.05, 3.63) is 0 Å². The molecular formula is C27H51KO11. The van der Waals surface area contributed by atoms with Crippen molar-refractivity contribution in [2.24, 2.45) is 0 Å². The van der Waals surface area contributed by atoms with E-state index in [0.29, 0.717) is 6.42 Å². The minimum Gasteiger partial charge on any atom is -1.00 e. The maximum atomic E-state index is 11.4. The maximum Gasteiger partial charge on any atom is 1.00 e. The zero-order valence-electron chi connectivity index (χ0n) is 24.9. The molecule has 0 saturated carbocycles. The van der Waals surface area contributed by atoms with Crippen molar-refractivity contribution < 1.29 is 107 Å². The van der Waals surface area contributed by atoms with Gasteiger partial charge in [0.15, 0.2) is 5.60 Å². The van der Waals surface area contributed by atoms with Crippen molar-refractivity contribution in [2.45, 2.75) is 134 Å². The second-order valence-electron chi connectivity index (χ2n) is 9.70. The molecule has 1 atom stereocenters. The molecule has 0 aliphatic heterocycles. The zero-order valence-corrected chi connectivity index (χ0v) is 27.1. The SMILES string of the molecule is CCCCCCCCCCCCCCCCCC(=O)OCC(O)CO.O=C(O)CC(O)(CC(=O)O)C(=O)O.[H-].[K+]. The fourth-order valence-corrected chi connectivity index (χ4v) is 3.67. The summed E-state index contributed by atoms with van der Waals surface area (Å²) < 4.78 is 4.86. The Morgan fingerprint density at radius 2 is 1.08 bits per heavy atom. The predicted octanol–water partition coefficient (Wildman–Crippen LogP) is 1.01. The summed E-state index contributed by atoms with van der Waals surface area (Å²) in [6, 6.07) is 0. The Bertz CT molecular complexity index is 634. The van der Waals surface area contributed by atoms with Gasteiger partial charge in [-0.1, -0.05) is 96.8 Å². The molecule has 0 aromatic carbocycles. The van der Waals surface area contributed by atoms with E-state index in [9.17, 15) is 19.2 Å². The van der Waals surface area contributed by atoms with Gasteiger partial charge in [-0.25, -0.2) is 4.79 Å². The third kappa shape index (κ3) is 30.2. The molecule has 0 fully saturated rings. The number of carboxylic acid groups (broad SMARTS) is 3. The van der Waals surface area contributed by atoms with Crippen LogP contribution in [0.25, 0.3) is 0 Å². The average molecular weight is 591 g/mol. The summed E-state index contributed by atoms with van der Waals surface area (Å²) >= 11 is 0. The summed E-state index contributed by atoms with van der Waals surface area (Å²) in [4.78, 5) is 41.9. The Morgan fingerprint density at radius 1 is 0.718 bits per heavy atom. The first-order chi connectivity index (χ1) is 18.0. The normalized spacial score (nSPS) is 11.5. The van der Waals surface area contributed by atoms with Crippen LogP contribution in [0.1, 0.15) is 124 Å². The zero-order chi connectivity index (χ0) is 29.2. The van der Waals surface area contributed by atoms with Gasteiger partial charge in [-0.05, 0) is 6.42 Å². The number of esters is 1. The molecule has 0 aromatic heterocycles. The molecule has 0 rings (SSSR count). The molecule has 0 bridgehead atoms. The van der Waals surface area contributed by atoms with Crippen LogP contribution in [0, 0.1) is 0 Å². The van der Waals surface area contributed by atoms with E-state index in [-0.39, 0.29) is 72.0 Å². The number of aliphatic carboxylic acids is 3. The molecule has 0 saturated heterocycles.